The summed E-state index contributed by atoms with van der Waals surface area (Å²) in [5.41, 5.74) is -0.862. The molecule has 1 aliphatic rings. The smallest absolute Gasteiger partial charge is 0.399 e. The van der Waals surface area contributed by atoms with Crippen molar-refractivity contribution in [2.45, 2.75) is 45.8 Å². The van der Waals surface area contributed by atoms with Crippen molar-refractivity contribution < 1.29 is 18.5 Å². The van der Waals surface area contributed by atoms with Gasteiger partial charge in [-0.05, 0) is 33.8 Å². The van der Waals surface area contributed by atoms with Crippen molar-refractivity contribution in [1.82, 2.24) is 4.98 Å². The van der Waals surface area contributed by atoms with E-state index in [0.29, 0.717) is 0 Å². The number of aromatic nitrogens is 1. The molecule has 0 aromatic carbocycles. The molecule has 0 aliphatic carbocycles. The highest BCUT2D eigenvalue weighted by molar-refractivity contribution is 6.62. The lowest BCUT2D eigenvalue weighted by Crippen LogP contribution is -2.41. The molecule has 0 spiro atoms. The molecule has 1 fully saturated rings. The summed E-state index contributed by atoms with van der Waals surface area (Å²) in [6.07, 6.45) is 0. The van der Waals surface area contributed by atoms with Crippen LogP contribution in [0.3, 0.4) is 0 Å². The van der Waals surface area contributed by atoms with Crippen LogP contribution >= 0.6 is 0 Å². The highest BCUT2D eigenvalue weighted by Gasteiger charge is 2.52. The number of amides is 1. The number of nitrogens with zero attached hydrogens (tertiary/aromatic N) is 1. The minimum absolute atomic E-state index is 0.162. The molecule has 7 heteroatoms. The third kappa shape index (κ3) is 2.69. The summed E-state index contributed by atoms with van der Waals surface area (Å²) in [6, 6.07) is 3.03. The lowest BCUT2D eigenvalue weighted by molar-refractivity contribution is -0.114. The molecular formula is C13H18BFN2O3. The maximum atomic E-state index is 14.0. The summed E-state index contributed by atoms with van der Waals surface area (Å²) >= 11 is 0. The Morgan fingerprint density at radius 2 is 1.80 bits per heavy atom. The van der Waals surface area contributed by atoms with E-state index in [9.17, 15) is 9.18 Å². The van der Waals surface area contributed by atoms with Gasteiger partial charge < -0.3 is 14.6 Å². The maximum absolute atomic E-state index is 14.0. The average Bonchev–Trinajstić information content (AvgIpc) is 2.46. The van der Waals surface area contributed by atoms with Gasteiger partial charge in [0.05, 0.1) is 11.2 Å². The Balaban J connectivity index is 2.25. The van der Waals surface area contributed by atoms with E-state index in [1.165, 1.54) is 19.1 Å². The number of anilines is 1. The van der Waals surface area contributed by atoms with Gasteiger partial charge in [0.25, 0.3) is 0 Å². The van der Waals surface area contributed by atoms with E-state index in [1.54, 1.807) is 0 Å². The third-order valence-corrected chi connectivity index (χ3v) is 3.69. The summed E-state index contributed by atoms with van der Waals surface area (Å²) in [6.45, 7) is 8.91. The zero-order chi connectivity index (χ0) is 15.1. The van der Waals surface area contributed by atoms with E-state index in [-0.39, 0.29) is 17.2 Å². The number of halogens is 1. The van der Waals surface area contributed by atoms with Gasteiger partial charge in [0.2, 0.25) is 11.9 Å². The largest absolute Gasteiger partial charge is 0.499 e. The highest BCUT2D eigenvalue weighted by atomic mass is 19.1. The molecule has 2 rings (SSSR count). The third-order valence-electron chi connectivity index (χ3n) is 3.69. The van der Waals surface area contributed by atoms with E-state index in [4.69, 9.17) is 9.31 Å². The van der Waals surface area contributed by atoms with E-state index in [1.807, 2.05) is 27.7 Å². The van der Waals surface area contributed by atoms with Gasteiger partial charge in [-0.2, -0.15) is 4.39 Å². The van der Waals surface area contributed by atoms with Crippen molar-refractivity contribution in [3.05, 3.63) is 18.1 Å². The van der Waals surface area contributed by atoms with Crippen LogP contribution in [0.4, 0.5) is 10.2 Å². The van der Waals surface area contributed by atoms with E-state index >= 15 is 0 Å². The minimum atomic E-state index is -0.807. The molecule has 20 heavy (non-hydrogen) atoms. The number of hydrogen-bond acceptors (Lipinski definition) is 4. The van der Waals surface area contributed by atoms with Gasteiger partial charge in [-0.25, -0.2) is 4.98 Å². The number of nitrogens with one attached hydrogen (secondary N) is 1. The number of rotatable bonds is 2. The molecule has 0 radical (unpaired) electrons. The van der Waals surface area contributed by atoms with Crippen LogP contribution in [0.2, 0.25) is 0 Å². The fourth-order valence-corrected chi connectivity index (χ4v) is 1.84. The average molecular weight is 280 g/mol. The normalized spacial score (nSPS) is 20.0. The molecule has 2 heterocycles. The van der Waals surface area contributed by atoms with Crippen molar-refractivity contribution in [2.24, 2.45) is 0 Å². The molecule has 0 atom stereocenters. The van der Waals surface area contributed by atoms with Gasteiger partial charge in [-0.1, -0.05) is 6.07 Å². The van der Waals surface area contributed by atoms with Crippen LogP contribution in [0, 0.1) is 5.95 Å². The molecule has 1 N–H and O–H groups in total. The van der Waals surface area contributed by atoms with Crippen LogP contribution in [0.15, 0.2) is 12.1 Å². The van der Waals surface area contributed by atoms with Gasteiger partial charge in [0.1, 0.15) is 5.82 Å². The highest BCUT2D eigenvalue weighted by Crippen LogP contribution is 2.36. The first-order valence-corrected chi connectivity index (χ1v) is 6.42. The van der Waals surface area contributed by atoms with Crippen LogP contribution in [0.5, 0.6) is 0 Å². The Morgan fingerprint density at radius 1 is 1.25 bits per heavy atom. The first-order valence-electron chi connectivity index (χ1n) is 6.42. The fourth-order valence-electron chi connectivity index (χ4n) is 1.84. The van der Waals surface area contributed by atoms with Crippen LogP contribution in [0.1, 0.15) is 34.6 Å². The Hall–Kier alpha value is -1.47. The van der Waals surface area contributed by atoms with Gasteiger partial charge in [-0.15, -0.1) is 0 Å². The number of hydrogen-bond donors (Lipinski definition) is 1. The molecule has 1 aromatic rings. The summed E-state index contributed by atoms with van der Waals surface area (Å²) in [4.78, 5) is 14.6. The van der Waals surface area contributed by atoms with Crippen LogP contribution in [0.25, 0.3) is 0 Å². The summed E-state index contributed by atoms with van der Waals surface area (Å²) in [7, 11) is -0.807. The summed E-state index contributed by atoms with van der Waals surface area (Å²) in [5.74, 6) is -0.856. The number of pyridine rings is 1. The molecule has 5 nitrogen and oxygen atoms in total. The molecule has 108 valence electrons. The van der Waals surface area contributed by atoms with Gasteiger partial charge >= 0.3 is 7.12 Å². The van der Waals surface area contributed by atoms with E-state index < -0.39 is 24.3 Å². The summed E-state index contributed by atoms with van der Waals surface area (Å²) in [5, 5.41) is 2.42. The molecule has 0 unspecified atom stereocenters. The second-order valence-electron chi connectivity index (χ2n) is 5.85. The molecule has 0 saturated carbocycles. The monoisotopic (exact) mass is 280 g/mol. The zero-order valence-corrected chi connectivity index (χ0v) is 12.3. The SMILES string of the molecule is CC(=O)Nc1ccc(B2OC(C)(C)C(C)(C)O2)c(F)n1. The maximum Gasteiger partial charge on any atom is 0.499 e. The van der Waals surface area contributed by atoms with E-state index in [0.717, 1.165) is 0 Å². The van der Waals surface area contributed by atoms with Gasteiger partial charge in [0.15, 0.2) is 0 Å². The molecule has 1 aromatic heterocycles. The van der Waals surface area contributed by atoms with Crippen LogP contribution in [-0.4, -0.2) is 29.2 Å². The van der Waals surface area contributed by atoms with Crippen molar-refractivity contribution >= 4 is 24.3 Å². The molecule has 1 amide bonds. The topological polar surface area (TPSA) is 60.5 Å². The predicted molar refractivity (Wildman–Crippen MR) is 74.2 cm³/mol. The standard InChI is InChI=1S/C13H18BFN2O3/c1-8(18)16-10-7-6-9(11(15)17-10)14-19-12(2,3)13(4,5)20-14/h6-7H,1-5H3,(H,16,17,18). The van der Waals surface area contributed by atoms with Crippen molar-refractivity contribution in [1.29, 1.82) is 0 Å². The van der Waals surface area contributed by atoms with Crippen LogP contribution < -0.4 is 10.8 Å². The minimum Gasteiger partial charge on any atom is -0.399 e. The number of carbonyl (C=O) groups is 1. The Morgan fingerprint density at radius 3 is 2.25 bits per heavy atom. The molecule has 1 saturated heterocycles. The lowest BCUT2D eigenvalue weighted by Gasteiger charge is -2.32. The van der Waals surface area contributed by atoms with Crippen molar-refractivity contribution in [2.75, 3.05) is 5.32 Å². The molecule has 0 bridgehead atoms. The van der Waals surface area contributed by atoms with Crippen LogP contribution in [-0.2, 0) is 14.1 Å². The quantitative estimate of drug-likeness (QED) is 0.658. The van der Waals surface area contributed by atoms with Gasteiger partial charge in [-0.3, -0.25) is 4.79 Å². The zero-order valence-electron chi connectivity index (χ0n) is 12.3. The number of carbonyl (C=O) groups excluding carboxylic acids is 1. The summed E-state index contributed by atoms with van der Waals surface area (Å²) < 4.78 is 25.6. The second kappa shape index (κ2) is 4.82. The van der Waals surface area contributed by atoms with Gasteiger partial charge in [0, 0.05) is 12.4 Å². The Labute approximate surface area is 118 Å². The Bertz CT molecular complexity index is 532. The van der Waals surface area contributed by atoms with E-state index in [2.05, 4.69) is 10.3 Å². The Kier molecular flexibility index (Phi) is 3.60. The fraction of sp³-hybridized carbons (Fsp3) is 0.538. The first-order chi connectivity index (χ1) is 9.12. The van der Waals surface area contributed by atoms with Crippen molar-refractivity contribution in [3.63, 3.8) is 0 Å². The predicted octanol–water partition coefficient (Wildman–Crippen LogP) is 1.48. The second-order valence-corrected chi connectivity index (χ2v) is 5.85. The lowest BCUT2D eigenvalue weighted by atomic mass is 9.80. The molecule has 1 aliphatic heterocycles. The first kappa shape index (κ1) is 14.9. The molecular weight excluding hydrogens is 262 g/mol. The van der Waals surface area contributed by atoms with Crippen molar-refractivity contribution in [3.8, 4) is 0 Å².